The van der Waals surface area contributed by atoms with Gasteiger partial charge in [0.1, 0.15) is 0 Å². The second-order valence-corrected chi connectivity index (χ2v) is 7.44. The van der Waals surface area contributed by atoms with Gasteiger partial charge in [-0.3, -0.25) is 9.59 Å². The molecule has 0 spiro atoms. The third-order valence-corrected chi connectivity index (χ3v) is 5.21. The fourth-order valence-electron chi connectivity index (χ4n) is 3.40. The molecule has 0 saturated carbocycles. The van der Waals surface area contributed by atoms with Crippen LogP contribution in [0.25, 0.3) is 0 Å². The van der Waals surface area contributed by atoms with Gasteiger partial charge in [0.25, 0.3) is 0 Å². The van der Waals surface area contributed by atoms with Gasteiger partial charge in [0.2, 0.25) is 5.91 Å². The lowest BCUT2D eigenvalue weighted by molar-refractivity contribution is -0.146. The standard InChI is InChI=1S/C23H43NO3/c1-4-7-8-9-10-11-12-13-14-15-16-17-18-19-21(23(26)27)20-22(25)24(5-2)6-3/h7-8,21H,4-6,9-20H2,1-3H3,(H,26,27)/b8-7+. The Morgan fingerprint density at radius 3 is 1.81 bits per heavy atom. The molecule has 0 saturated heterocycles. The van der Waals surface area contributed by atoms with Crippen molar-refractivity contribution in [1.29, 1.82) is 0 Å². The highest BCUT2D eigenvalue weighted by Crippen LogP contribution is 2.17. The topological polar surface area (TPSA) is 57.6 Å². The van der Waals surface area contributed by atoms with Crippen LogP contribution < -0.4 is 0 Å². The van der Waals surface area contributed by atoms with E-state index in [0.717, 1.165) is 19.3 Å². The fourth-order valence-corrected chi connectivity index (χ4v) is 3.40. The summed E-state index contributed by atoms with van der Waals surface area (Å²) >= 11 is 0. The van der Waals surface area contributed by atoms with Gasteiger partial charge in [0, 0.05) is 19.5 Å². The first-order chi connectivity index (χ1) is 13.1. The number of unbranched alkanes of at least 4 members (excludes halogenated alkanes) is 9. The van der Waals surface area contributed by atoms with Crippen molar-refractivity contribution < 1.29 is 14.7 Å². The number of aliphatic carboxylic acids is 1. The second kappa shape index (κ2) is 18.1. The van der Waals surface area contributed by atoms with Crippen molar-refractivity contribution in [3.05, 3.63) is 12.2 Å². The number of carbonyl (C=O) groups is 2. The van der Waals surface area contributed by atoms with E-state index in [0.29, 0.717) is 19.5 Å². The van der Waals surface area contributed by atoms with Gasteiger partial charge in [-0.25, -0.2) is 0 Å². The number of nitrogens with zero attached hydrogens (tertiary/aromatic N) is 1. The number of carboxylic acids is 1. The first-order valence-corrected chi connectivity index (χ1v) is 11.2. The molecule has 0 aromatic rings. The predicted molar refractivity (Wildman–Crippen MR) is 114 cm³/mol. The summed E-state index contributed by atoms with van der Waals surface area (Å²) in [5, 5.41) is 9.37. The molecule has 0 bridgehead atoms. The van der Waals surface area contributed by atoms with E-state index in [4.69, 9.17) is 0 Å². The van der Waals surface area contributed by atoms with E-state index in [-0.39, 0.29) is 12.3 Å². The molecule has 0 aliphatic rings. The number of carbonyl (C=O) groups excluding carboxylic acids is 1. The number of hydrogen-bond donors (Lipinski definition) is 1. The molecule has 158 valence electrons. The van der Waals surface area contributed by atoms with Crippen LogP contribution in [0.5, 0.6) is 0 Å². The molecule has 0 aliphatic heterocycles. The molecule has 0 fully saturated rings. The fraction of sp³-hybridized carbons (Fsp3) is 0.826. The Morgan fingerprint density at radius 1 is 0.815 bits per heavy atom. The maximum absolute atomic E-state index is 12.1. The van der Waals surface area contributed by atoms with E-state index in [9.17, 15) is 14.7 Å². The number of carboxylic acid groups (broad SMARTS) is 1. The van der Waals surface area contributed by atoms with Crippen LogP contribution in [0.1, 0.15) is 104 Å². The van der Waals surface area contributed by atoms with Crippen molar-refractivity contribution in [1.82, 2.24) is 4.90 Å². The molecule has 1 N–H and O–H groups in total. The summed E-state index contributed by atoms with van der Waals surface area (Å²) in [4.78, 5) is 25.2. The Hall–Kier alpha value is -1.32. The predicted octanol–water partition coefficient (Wildman–Crippen LogP) is 6.20. The van der Waals surface area contributed by atoms with Crippen LogP contribution in [-0.4, -0.2) is 35.0 Å². The zero-order chi connectivity index (χ0) is 20.3. The van der Waals surface area contributed by atoms with E-state index in [1.807, 2.05) is 13.8 Å². The van der Waals surface area contributed by atoms with Crippen LogP contribution in [0.2, 0.25) is 0 Å². The maximum Gasteiger partial charge on any atom is 0.307 e. The molecule has 27 heavy (non-hydrogen) atoms. The van der Waals surface area contributed by atoms with Gasteiger partial charge in [-0.2, -0.15) is 0 Å². The number of hydrogen-bond acceptors (Lipinski definition) is 2. The minimum Gasteiger partial charge on any atom is -0.481 e. The molecule has 1 atom stereocenters. The molecule has 0 heterocycles. The third kappa shape index (κ3) is 14.4. The van der Waals surface area contributed by atoms with Crippen molar-refractivity contribution in [3.63, 3.8) is 0 Å². The van der Waals surface area contributed by atoms with Gasteiger partial charge in [-0.05, 0) is 39.5 Å². The average molecular weight is 382 g/mol. The van der Waals surface area contributed by atoms with Crippen LogP contribution in [0.4, 0.5) is 0 Å². The molecule has 1 unspecified atom stereocenters. The molecule has 0 radical (unpaired) electrons. The Morgan fingerprint density at radius 2 is 1.33 bits per heavy atom. The van der Waals surface area contributed by atoms with Crippen LogP contribution in [0, 0.1) is 5.92 Å². The van der Waals surface area contributed by atoms with Gasteiger partial charge in [0.05, 0.1) is 5.92 Å². The second-order valence-electron chi connectivity index (χ2n) is 7.44. The first-order valence-electron chi connectivity index (χ1n) is 11.2. The maximum atomic E-state index is 12.1. The van der Waals surface area contributed by atoms with E-state index in [1.54, 1.807) is 4.90 Å². The van der Waals surface area contributed by atoms with Crippen molar-refractivity contribution in [2.45, 2.75) is 104 Å². The average Bonchev–Trinajstić information content (AvgIpc) is 2.65. The normalized spacial score (nSPS) is 12.4. The highest BCUT2D eigenvalue weighted by Gasteiger charge is 2.22. The summed E-state index contributed by atoms with van der Waals surface area (Å²) in [6.07, 6.45) is 18.6. The summed E-state index contributed by atoms with van der Waals surface area (Å²) in [7, 11) is 0. The van der Waals surface area contributed by atoms with Gasteiger partial charge >= 0.3 is 5.97 Å². The quantitative estimate of drug-likeness (QED) is 0.227. The largest absolute Gasteiger partial charge is 0.481 e. The highest BCUT2D eigenvalue weighted by atomic mass is 16.4. The lowest BCUT2D eigenvalue weighted by Gasteiger charge is -2.21. The Bertz CT molecular complexity index is 402. The lowest BCUT2D eigenvalue weighted by atomic mass is 9.96. The lowest BCUT2D eigenvalue weighted by Crippen LogP contribution is -2.33. The van der Waals surface area contributed by atoms with Crippen molar-refractivity contribution in [2.75, 3.05) is 13.1 Å². The molecule has 0 aromatic carbocycles. The molecule has 4 heteroatoms. The van der Waals surface area contributed by atoms with Gasteiger partial charge in [0.15, 0.2) is 0 Å². The minimum atomic E-state index is -0.829. The van der Waals surface area contributed by atoms with Crippen molar-refractivity contribution in [3.8, 4) is 0 Å². The van der Waals surface area contributed by atoms with E-state index >= 15 is 0 Å². The van der Waals surface area contributed by atoms with Gasteiger partial charge in [-0.15, -0.1) is 0 Å². The van der Waals surface area contributed by atoms with Crippen LogP contribution in [0.15, 0.2) is 12.2 Å². The molecule has 4 nitrogen and oxygen atoms in total. The summed E-state index contributed by atoms with van der Waals surface area (Å²) < 4.78 is 0. The number of rotatable bonds is 18. The zero-order valence-electron chi connectivity index (χ0n) is 18.0. The molecule has 0 aliphatic carbocycles. The van der Waals surface area contributed by atoms with Crippen molar-refractivity contribution in [2.24, 2.45) is 5.92 Å². The molecular weight excluding hydrogens is 338 g/mol. The minimum absolute atomic E-state index is 0.0300. The number of amides is 1. The Balaban J connectivity index is 3.69. The SMILES string of the molecule is CC/C=C/CCCCCCCCCCCC(CC(=O)N(CC)CC)C(=O)O. The smallest absolute Gasteiger partial charge is 0.307 e. The molecule has 0 rings (SSSR count). The summed E-state index contributed by atoms with van der Waals surface area (Å²) in [6, 6.07) is 0. The van der Waals surface area contributed by atoms with Gasteiger partial charge in [-0.1, -0.05) is 70.4 Å². The van der Waals surface area contributed by atoms with E-state index < -0.39 is 11.9 Å². The first kappa shape index (κ1) is 25.7. The van der Waals surface area contributed by atoms with E-state index in [2.05, 4.69) is 19.1 Å². The van der Waals surface area contributed by atoms with Crippen LogP contribution in [0.3, 0.4) is 0 Å². The van der Waals surface area contributed by atoms with Crippen molar-refractivity contribution >= 4 is 11.9 Å². The molecular formula is C23H43NO3. The zero-order valence-corrected chi connectivity index (χ0v) is 18.0. The Kier molecular flexibility index (Phi) is 17.2. The number of allylic oxidation sites excluding steroid dienone is 2. The monoisotopic (exact) mass is 381 g/mol. The summed E-state index contributed by atoms with van der Waals surface area (Å²) in [5.74, 6) is -1.39. The van der Waals surface area contributed by atoms with Crippen LogP contribution in [-0.2, 0) is 9.59 Å². The summed E-state index contributed by atoms with van der Waals surface area (Å²) in [5.41, 5.74) is 0. The highest BCUT2D eigenvalue weighted by molar-refractivity contribution is 5.82. The Labute approximate surface area is 167 Å². The molecule has 0 aromatic heterocycles. The third-order valence-electron chi connectivity index (χ3n) is 5.21. The molecule has 1 amide bonds. The van der Waals surface area contributed by atoms with E-state index in [1.165, 1.54) is 51.4 Å². The van der Waals surface area contributed by atoms with Gasteiger partial charge < -0.3 is 10.0 Å². The summed E-state index contributed by atoms with van der Waals surface area (Å²) in [6.45, 7) is 7.33. The van der Waals surface area contributed by atoms with Crippen LogP contribution >= 0.6 is 0 Å².